The number of carbonyl (C=O) groups excluding carboxylic acids is 1. The van der Waals surface area contributed by atoms with Gasteiger partial charge in [0.25, 0.3) is 0 Å². The highest BCUT2D eigenvalue weighted by molar-refractivity contribution is 9.10. The lowest BCUT2D eigenvalue weighted by atomic mass is 10.1. The zero-order valence-electron chi connectivity index (χ0n) is 9.70. The number of alkyl halides is 1. The molecule has 1 amide bonds. The molecule has 0 aromatic carbocycles. The van der Waals surface area contributed by atoms with E-state index >= 15 is 0 Å². The van der Waals surface area contributed by atoms with Crippen molar-refractivity contribution in [2.75, 3.05) is 13.2 Å². The number of amides is 1. The number of carbonyl (C=O) groups is 1. The number of hydrogen-bond donors (Lipinski definition) is 0. The maximum atomic E-state index is 12.1. The fourth-order valence-corrected chi connectivity index (χ4v) is 2.07. The molecule has 1 aliphatic rings. The van der Waals surface area contributed by atoms with Gasteiger partial charge >= 0.3 is 0 Å². The van der Waals surface area contributed by atoms with E-state index in [-0.39, 0.29) is 22.9 Å². The molecule has 0 N–H and O–H groups in total. The predicted octanol–water partition coefficient (Wildman–Crippen LogP) is 2.19. The molecule has 0 bridgehead atoms. The molecule has 1 fully saturated rings. The first-order valence-corrected chi connectivity index (χ1v) is 6.57. The third kappa shape index (κ3) is 3.18. The van der Waals surface area contributed by atoms with E-state index in [1.54, 1.807) is 0 Å². The summed E-state index contributed by atoms with van der Waals surface area (Å²) in [4.78, 5) is 14.0. The topological polar surface area (TPSA) is 29.5 Å². The second kappa shape index (κ2) is 5.85. The zero-order valence-corrected chi connectivity index (χ0v) is 11.3. The van der Waals surface area contributed by atoms with Crippen molar-refractivity contribution < 1.29 is 9.53 Å². The van der Waals surface area contributed by atoms with E-state index in [1.807, 2.05) is 18.7 Å². The van der Waals surface area contributed by atoms with Crippen molar-refractivity contribution in [3.63, 3.8) is 0 Å². The molecular formula is C11H20BrNO2. The second-order valence-electron chi connectivity index (χ2n) is 4.07. The summed E-state index contributed by atoms with van der Waals surface area (Å²) in [7, 11) is 0. The Morgan fingerprint density at radius 3 is 2.80 bits per heavy atom. The lowest BCUT2D eigenvalue weighted by Crippen LogP contribution is -2.53. The Labute approximate surface area is 100 Å². The Kier molecular flexibility index (Phi) is 5.06. The van der Waals surface area contributed by atoms with Crippen molar-refractivity contribution in [3.8, 4) is 0 Å². The predicted molar refractivity (Wildman–Crippen MR) is 64.2 cm³/mol. The first-order valence-electron chi connectivity index (χ1n) is 5.66. The quantitative estimate of drug-likeness (QED) is 0.741. The fourth-order valence-electron chi connectivity index (χ4n) is 1.81. The van der Waals surface area contributed by atoms with Gasteiger partial charge in [0.15, 0.2) is 0 Å². The SMILES string of the molecule is CCC(Br)C(=O)N1CC(C)OCC1CC. The highest BCUT2D eigenvalue weighted by Gasteiger charge is 2.31. The molecular weight excluding hydrogens is 258 g/mol. The van der Waals surface area contributed by atoms with Crippen molar-refractivity contribution in [2.45, 2.75) is 50.6 Å². The maximum Gasteiger partial charge on any atom is 0.236 e. The van der Waals surface area contributed by atoms with Crippen molar-refractivity contribution >= 4 is 21.8 Å². The van der Waals surface area contributed by atoms with E-state index in [4.69, 9.17) is 4.74 Å². The van der Waals surface area contributed by atoms with Gasteiger partial charge in [0.2, 0.25) is 5.91 Å². The van der Waals surface area contributed by atoms with Gasteiger partial charge in [0.1, 0.15) is 0 Å². The minimum Gasteiger partial charge on any atom is -0.375 e. The molecule has 0 aromatic rings. The van der Waals surface area contributed by atoms with Crippen LogP contribution in [-0.2, 0) is 9.53 Å². The number of rotatable bonds is 3. The lowest BCUT2D eigenvalue weighted by molar-refractivity contribution is -0.143. The minimum absolute atomic E-state index is 0.0446. The molecule has 3 atom stereocenters. The monoisotopic (exact) mass is 277 g/mol. The van der Waals surface area contributed by atoms with Gasteiger partial charge < -0.3 is 9.64 Å². The lowest BCUT2D eigenvalue weighted by Gasteiger charge is -2.39. The van der Waals surface area contributed by atoms with Gasteiger partial charge in [-0.2, -0.15) is 0 Å². The summed E-state index contributed by atoms with van der Waals surface area (Å²) in [5.41, 5.74) is 0. The van der Waals surface area contributed by atoms with Crippen LogP contribution in [-0.4, -0.2) is 40.9 Å². The molecule has 88 valence electrons. The smallest absolute Gasteiger partial charge is 0.236 e. The van der Waals surface area contributed by atoms with Gasteiger partial charge in [0.05, 0.1) is 23.6 Å². The Morgan fingerprint density at radius 2 is 2.27 bits per heavy atom. The summed E-state index contributed by atoms with van der Waals surface area (Å²) in [5, 5.41) is 0. The molecule has 0 aromatic heterocycles. The molecule has 1 saturated heterocycles. The average molecular weight is 278 g/mol. The fraction of sp³-hybridized carbons (Fsp3) is 0.909. The molecule has 1 rings (SSSR count). The third-order valence-electron chi connectivity index (χ3n) is 2.85. The summed E-state index contributed by atoms with van der Waals surface area (Å²) >= 11 is 3.42. The van der Waals surface area contributed by atoms with E-state index in [1.165, 1.54) is 0 Å². The summed E-state index contributed by atoms with van der Waals surface area (Å²) in [6.45, 7) is 7.52. The van der Waals surface area contributed by atoms with Crippen LogP contribution in [0.5, 0.6) is 0 Å². The molecule has 1 heterocycles. The zero-order chi connectivity index (χ0) is 11.4. The van der Waals surface area contributed by atoms with Crippen LogP contribution < -0.4 is 0 Å². The number of hydrogen-bond acceptors (Lipinski definition) is 2. The number of ether oxygens (including phenoxy) is 1. The van der Waals surface area contributed by atoms with Crippen LogP contribution in [0.15, 0.2) is 0 Å². The highest BCUT2D eigenvalue weighted by atomic mass is 79.9. The van der Waals surface area contributed by atoms with E-state index in [9.17, 15) is 4.79 Å². The average Bonchev–Trinajstić information content (AvgIpc) is 2.27. The van der Waals surface area contributed by atoms with Crippen LogP contribution in [0.4, 0.5) is 0 Å². The van der Waals surface area contributed by atoms with E-state index in [0.29, 0.717) is 6.61 Å². The molecule has 0 aliphatic carbocycles. The summed E-state index contributed by atoms with van der Waals surface area (Å²) in [6.07, 6.45) is 1.96. The van der Waals surface area contributed by atoms with Gasteiger partial charge in [0, 0.05) is 6.54 Å². The van der Waals surface area contributed by atoms with Gasteiger partial charge in [-0.05, 0) is 19.8 Å². The minimum atomic E-state index is -0.0446. The molecule has 4 heteroatoms. The second-order valence-corrected chi connectivity index (χ2v) is 5.18. The van der Waals surface area contributed by atoms with Gasteiger partial charge in [-0.3, -0.25) is 4.79 Å². The van der Waals surface area contributed by atoms with Crippen molar-refractivity contribution in [1.82, 2.24) is 4.90 Å². The van der Waals surface area contributed by atoms with Gasteiger partial charge in [-0.15, -0.1) is 0 Å². The Bertz CT molecular complexity index is 223. The Morgan fingerprint density at radius 1 is 1.60 bits per heavy atom. The van der Waals surface area contributed by atoms with Crippen molar-refractivity contribution in [1.29, 1.82) is 0 Å². The first-order chi connectivity index (χ1) is 7.10. The highest BCUT2D eigenvalue weighted by Crippen LogP contribution is 2.18. The number of nitrogens with zero attached hydrogens (tertiary/aromatic N) is 1. The molecule has 3 nitrogen and oxygen atoms in total. The van der Waals surface area contributed by atoms with Crippen LogP contribution in [0, 0.1) is 0 Å². The van der Waals surface area contributed by atoms with Crippen molar-refractivity contribution in [2.24, 2.45) is 0 Å². The maximum absolute atomic E-state index is 12.1. The van der Waals surface area contributed by atoms with E-state index in [2.05, 4.69) is 22.9 Å². The summed E-state index contributed by atoms with van der Waals surface area (Å²) in [5.74, 6) is 0.208. The van der Waals surface area contributed by atoms with Gasteiger partial charge in [-0.25, -0.2) is 0 Å². The third-order valence-corrected chi connectivity index (χ3v) is 3.89. The van der Waals surface area contributed by atoms with Crippen LogP contribution in [0.1, 0.15) is 33.6 Å². The van der Waals surface area contributed by atoms with E-state index < -0.39 is 0 Å². The van der Waals surface area contributed by atoms with Crippen molar-refractivity contribution in [3.05, 3.63) is 0 Å². The molecule has 0 saturated carbocycles. The number of morpholine rings is 1. The summed E-state index contributed by atoms with van der Waals surface area (Å²) < 4.78 is 5.57. The van der Waals surface area contributed by atoms with Crippen LogP contribution in [0.3, 0.4) is 0 Å². The standard InChI is InChI=1S/C11H20BrNO2/c1-4-9-7-15-8(3)6-13(9)11(14)10(12)5-2/h8-10H,4-7H2,1-3H3. The van der Waals surface area contributed by atoms with Crippen LogP contribution >= 0.6 is 15.9 Å². The summed E-state index contributed by atoms with van der Waals surface area (Å²) in [6, 6.07) is 0.250. The Balaban J connectivity index is 2.66. The van der Waals surface area contributed by atoms with E-state index in [0.717, 1.165) is 19.4 Å². The van der Waals surface area contributed by atoms with Crippen LogP contribution in [0.2, 0.25) is 0 Å². The normalized spacial score (nSPS) is 28.9. The number of halogens is 1. The van der Waals surface area contributed by atoms with Crippen LogP contribution in [0.25, 0.3) is 0 Å². The largest absolute Gasteiger partial charge is 0.375 e. The molecule has 15 heavy (non-hydrogen) atoms. The molecule has 0 radical (unpaired) electrons. The Hall–Kier alpha value is -0.0900. The molecule has 1 aliphatic heterocycles. The van der Waals surface area contributed by atoms with Gasteiger partial charge in [-0.1, -0.05) is 29.8 Å². The first kappa shape index (κ1) is 13.0. The molecule has 3 unspecified atom stereocenters. The molecule has 0 spiro atoms.